The summed E-state index contributed by atoms with van der Waals surface area (Å²) in [6, 6.07) is -2.37. The molecule has 17 heteroatoms. The molecule has 0 unspecified atom stereocenters. The maximum Gasteiger partial charge on any atom is 0.186 e. The molecule has 3 rings (SSSR count). The monoisotopic (exact) mass is 576 g/mol. The molecule has 3 fully saturated rings. The second kappa shape index (κ2) is 16.6. The zero-order valence-electron chi connectivity index (χ0n) is 22.4. The minimum Gasteiger partial charge on any atom is -0.394 e. The molecule has 0 aliphatic carbocycles. The molecule has 5 N–H and O–H groups in total. The number of nitrogens with zero attached hydrogens (tertiary/aromatic N) is 6. The van der Waals surface area contributed by atoms with Gasteiger partial charge in [-0.3, -0.25) is 0 Å². The Bertz CT molecular complexity index is 863. The smallest absolute Gasteiger partial charge is 0.186 e. The minimum absolute atomic E-state index is 0.295. The van der Waals surface area contributed by atoms with Gasteiger partial charge < -0.3 is 54.0 Å². The highest BCUT2D eigenvalue weighted by Crippen LogP contribution is 2.33. The Morgan fingerprint density at radius 1 is 0.700 bits per heavy atom. The van der Waals surface area contributed by atoms with E-state index in [2.05, 4.69) is 27.0 Å². The molecule has 0 spiro atoms. The van der Waals surface area contributed by atoms with Crippen LogP contribution < -0.4 is 0 Å². The van der Waals surface area contributed by atoms with E-state index in [1.54, 1.807) is 0 Å². The number of aliphatic hydroxyl groups is 5. The summed E-state index contributed by atoms with van der Waals surface area (Å²) in [6.45, 7) is 1.06. The summed E-state index contributed by atoms with van der Waals surface area (Å²) in [5.41, 5.74) is 17.8. The van der Waals surface area contributed by atoms with Gasteiger partial charge in [-0.25, -0.2) is 0 Å². The molecule has 0 saturated carbocycles. The highest BCUT2D eigenvalue weighted by atomic mass is 16.8. The van der Waals surface area contributed by atoms with Crippen LogP contribution in [0.4, 0.5) is 0 Å². The van der Waals surface area contributed by atoms with Crippen LogP contribution >= 0.6 is 0 Å². The van der Waals surface area contributed by atoms with Crippen LogP contribution in [0.1, 0.15) is 45.4 Å². The maximum absolute atomic E-state index is 11.0. The second-order valence-corrected chi connectivity index (χ2v) is 9.93. The zero-order valence-corrected chi connectivity index (χ0v) is 22.4. The van der Waals surface area contributed by atoms with Crippen molar-refractivity contribution in [1.82, 2.24) is 0 Å². The lowest BCUT2D eigenvalue weighted by molar-refractivity contribution is -0.210. The predicted octanol–water partition coefficient (Wildman–Crippen LogP) is 0.365. The first-order chi connectivity index (χ1) is 19.4. The molecule has 3 heterocycles. The molecule has 0 radical (unpaired) electrons. The maximum atomic E-state index is 11.0. The molecule has 0 aromatic rings. The average Bonchev–Trinajstić information content (AvgIpc) is 3.54. The standard InChI is InChI=1S/C23H40N6O11/c1-2-3-4-5-6-7-8-35-23-19(34)20(40-22-16(27-29-25)18(33)13(10-31)38-22)14(39-23)11-36-21-15(26-28-24)17(32)12(9-30)37-21/h12-23,30-34H,2-11H2,1H3/t12-,13-,14-,15+,16+,17-,18-,19+,20-,21+,22-,23+/m1/s1. The summed E-state index contributed by atoms with van der Waals surface area (Å²) in [4.78, 5) is 5.40. The fourth-order valence-electron chi connectivity index (χ4n) is 4.92. The number of hydrogen-bond acceptors (Lipinski definition) is 13. The molecule has 0 amide bonds. The van der Waals surface area contributed by atoms with Crippen molar-refractivity contribution >= 4 is 0 Å². The van der Waals surface area contributed by atoms with Gasteiger partial charge in [0.2, 0.25) is 0 Å². The van der Waals surface area contributed by atoms with Gasteiger partial charge in [-0.2, -0.15) is 0 Å². The van der Waals surface area contributed by atoms with Gasteiger partial charge in [-0.15, -0.1) is 0 Å². The van der Waals surface area contributed by atoms with E-state index in [1.165, 1.54) is 6.42 Å². The van der Waals surface area contributed by atoms with Gasteiger partial charge in [0.05, 0.1) is 32.0 Å². The van der Waals surface area contributed by atoms with E-state index < -0.39 is 86.9 Å². The predicted molar refractivity (Wildman–Crippen MR) is 134 cm³/mol. The van der Waals surface area contributed by atoms with Crippen molar-refractivity contribution < 1.29 is 54.0 Å². The molecule has 40 heavy (non-hydrogen) atoms. The molecular formula is C23H40N6O11. The number of azide groups is 2. The summed E-state index contributed by atoms with van der Waals surface area (Å²) >= 11 is 0. The Labute approximate surface area is 231 Å². The van der Waals surface area contributed by atoms with Crippen molar-refractivity contribution in [2.24, 2.45) is 10.2 Å². The van der Waals surface area contributed by atoms with Crippen LogP contribution in [0.2, 0.25) is 0 Å². The lowest BCUT2D eigenvalue weighted by Gasteiger charge is -2.27. The lowest BCUT2D eigenvalue weighted by atomic mass is 10.1. The molecule has 3 aliphatic rings. The van der Waals surface area contributed by atoms with Gasteiger partial charge in [0.15, 0.2) is 18.9 Å². The molecule has 0 bridgehead atoms. The van der Waals surface area contributed by atoms with E-state index in [4.69, 9.17) is 39.5 Å². The van der Waals surface area contributed by atoms with Gasteiger partial charge in [-0.1, -0.05) is 49.3 Å². The topological polar surface area (TPSA) is 254 Å². The Morgan fingerprint density at radius 2 is 1.25 bits per heavy atom. The van der Waals surface area contributed by atoms with Crippen molar-refractivity contribution in [1.29, 1.82) is 0 Å². The first-order valence-electron chi connectivity index (χ1n) is 13.6. The third kappa shape index (κ3) is 8.14. The molecule has 12 atom stereocenters. The largest absolute Gasteiger partial charge is 0.394 e. The van der Waals surface area contributed by atoms with E-state index in [0.717, 1.165) is 32.1 Å². The molecule has 3 aliphatic heterocycles. The molecular weight excluding hydrogens is 536 g/mol. The normalized spacial score (nSPS) is 39.2. The van der Waals surface area contributed by atoms with Crippen LogP contribution in [0.3, 0.4) is 0 Å². The quantitative estimate of drug-likeness (QED) is 0.0683. The van der Waals surface area contributed by atoms with Gasteiger partial charge >= 0.3 is 0 Å². The molecule has 0 aromatic carbocycles. The number of unbranched alkanes of at least 4 members (excludes halogenated alkanes) is 5. The Morgan fingerprint density at radius 3 is 1.85 bits per heavy atom. The Balaban J connectivity index is 1.68. The number of hydrogen-bond donors (Lipinski definition) is 5. The van der Waals surface area contributed by atoms with E-state index in [-0.39, 0.29) is 6.61 Å². The van der Waals surface area contributed by atoms with Crippen molar-refractivity contribution in [3.05, 3.63) is 20.9 Å². The van der Waals surface area contributed by atoms with Crippen molar-refractivity contribution in [3.8, 4) is 0 Å². The van der Waals surface area contributed by atoms with E-state index >= 15 is 0 Å². The Hall–Kier alpha value is -1.82. The average molecular weight is 577 g/mol. The zero-order chi connectivity index (χ0) is 29.1. The number of aliphatic hydroxyl groups excluding tert-OH is 5. The molecule has 0 aromatic heterocycles. The van der Waals surface area contributed by atoms with Crippen LogP contribution in [0.25, 0.3) is 20.9 Å². The van der Waals surface area contributed by atoms with Crippen LogP contribution in [-0.4, -0.2) is 126 Å². The van der Waals surface area contributed by atoms with E-state index in [1.807, 2.05) is 0 Å². The molecule has 228 valence electrons. The number of rotatable bonds is 17. The van der Waals surface area contributed by atoms with Crippen molar-refractivity contribution in [3.63, 3.8) is 0 Å². The van der Waals surface area contributed by atoms with E-state index in [0.29, 0.717) is 6.61 Å². The highest BCUT2D eigenvalue weighted by molar-refractivity contribution is 4.96. The summed E-state index contributed by atoms with van der Waals surface area (Å²) in [5.74, 6) is 0. The van der Waals surface area contributed by atoms with Crippen molar-refractivity contribution in [2.75, 3.05) is 26.4 Å². The van der Waals surface area contributed by atoms with Gasteiger partial charge in [0.1, 0.15) is 42.6 Å². The van der Waals surface area contributed by atoms with Crippen molar-refractivity contribution in [2.45, 2.75) is 119 Å². The number of ether oxygens (including phenoxy) is 6. The molecule has 3 saturated heterocycles. The summed E-state index contributed by atoms with van der Waals surface area (Å²) in [5, 5.41) is 57.6. The lowest BCUT2D eigenvalue weighted by Crippen LogP contribution is -2.44. The molecule has 17 nitrogen and oxygen atoms in total. The minimum atomic E-state index is -1.35. The summed E-state index contributed by atoms with van der Waals surface area (Å²) in [7, 11) is 0. The van der Waals surface area contributed by atoms with Crippen LogP contribution in [0.15, 0.2) is 10.2 Å². The van der Waals surface area contributed by atoms with Gasteiger partial charge in [-0.05, 0) is 17.5 Å². The SMILES string of the molecule is CCCCCCCCO[C@H]1O[C@H](CO[C@H]2O[C@H](CO)[C@@H](O)[C@@H]2N=[N+]=[N-])[C@@H](O[C@H]2O[C@H](CO)[C@@H](O)[C@@H]2N=[N+]=[N-])[C@@H]1O. The van der Waals surface area contributed by atoms with Crippen LogP contribution in [-0.2, 0) is 28.4 Å². The highest BCUT2D eigenvalue weighted by Gasteiger charge is 2.52. The van der Waals surface area contributed by atoms with E-state index in [9.17, 15) is 25.5 Å². The van der Waals surface area contributed by atoms with Crippen LogP contribution in [0.5, 0.6) is 0 Å². The summed E-state index contributed by atoms with van der Waals surface area (Å²) < 4.78 is 34.3. The summed E-state index contributed by atoms with van der Waals surface area (Å²) in [6.07, 6.45) is -5.76. The fraction of sp³-hybridized carbons (Fsp3) is 1.00. The van der Waals surface area contributed by atoms with Gasteiger partial charge in [0, 0.05) is 16.4 Å². The third-order valence-electron chi connectivity index (χ3n) is 7.15. The Kier molecular flexibility index (Phi) is 13.6. The third-order valence-corrected chi connectivity index (χ3v) is 7.15. The van der Waals surface area contributed by atoms with Crippen LogP contribution in [0, 0.1) is 0 Å². The second-order valence-electron chi connectivity index (χ2n) is 9.93. The first-order valence-corrected chi connectivity index (χ1v) is 13.6. The first kappa shape index (κ1) is 32.7. The fourth-order valence-corrected chi connectivity index (χ4v) is 4.92. The van der Waals surface area contributed by atoms with Gasteiger partial charge in [0.25, 0.3) is 0 Å².